The third kappa shape index (κ3) is 2.66. The van der Waals surface area contributed by atoms with Crippen molar-refractivity contribution in [3.8, 4) is 17.2 Å². The Bertz CT molecular complexity index is 754. The van der Waals surface area contributed by atoms with Gasteiger partial charge in [0.15, 0.2) is 5.82 Å². The highest BCUT2D eigenvalue weighted by atomic mass is 35.5. The maximum Gasteiger partial charge on any atom is 0.261 e. The Kier molecular flexibility index (Phi) is 3.42. The predicted octanol–water partition coefficient (Wildman–Crippen LogP) is 3.45. The number of thiazole rings is 1. The van der Waals surface area contributed by atoms with E-state index in [1.54, 1.807) is 23.5 Å². The van der Waals surface area contributed by atoms with Crippen molar-refractivity contribution in [3.05, 3.63) is 45.1 Å². The van der Waals surface area contributed by atoms with Crippen LogP contribution in [0, 0.1) is 6.92 Å². The first kappa shape index (κ1) is 13.1. The molecule has 0 atom stereocenters. The highest BCUT2D eigenvalue weighted by Crippen LogP contribution is 2.30. The number of halogens is 1. The van der Waals surface area contributed by atoms with E-state index in [-0.39, 0.29) is 11.6 Å². The average Bonchev–Trinajstić information content (AvgIpc) is 3.02. The van der Waals surface area contributed by atoms with Crippen molar-refractivity contribution in [1.29, 1.82) is 0 Å². The van der Waals surface area contributed by atoms with Crippen LogP contribution >= 0.6 is 22.9 Å². The van der Waals surface area contributed by atoms with Gasteiger partial charge in [0, 0.05) is 16.1 Å². The molecule has 7 heteroatoms. The van der Waals surface area contributed by atoms with Crippen LogP contribution < -0.4 is 0 Å². The second kappa shape index (κ2) is 5.22. The van der Waals surface area contributed by atoms with Crippen LogP contribution in [0.15, 0.2) is 28.1 Å². The molecule has 1 N–H and O–H groups in total. The second-order valence-corrected chi connectivity index (χ2v) is 5.62. The lowest BCUT2D eigenvalue weighted by Gasteiger charge is -1.98. The Morgan fingerprint density at radius 1 is 1.35 bits per heavy atom. The topological polar surface area (TPSA) is 72.0 Å². The number of hydrogen-bond acceptors (Lipinski definition) is 6. The zero-order chi connectivity index (χ0) is 14.1. The number of aromatic hydroxyl groups is 1. The molecule has 0 bridgehead atoms. The van der Waals surface area contributed by atoms with E-state index >= 15 is 0 Å². The molecule has 2 heterocycles. The van der Waals surface area contributed by atoms with E-state index in [4.69, 9.17) is 16.1 Å². The normalized spacial score (nSPS) is 10.9. The zero-order valence-electron chi connectivity index (χ0n) is 10.5. The van der Waals surface area contributed by atoms with E-state index in [1.807, 2.05) is 12.3 Å². The summed E-state index contributed by atoms with van der Waals surface area (Å²) >= 11 is 7.45. The molecule has 0 fully saturated rings. The van der Waals surface area contributed by atoms with Crippen LogP contribution in [0.25, 0.3) is 11.5 Å². The minimum absolute atomic E-state index is 0.0506. The first-order valence-electron chi connectivity index (χ1n) is 5.84. The van der Waals surface area contributed by atoms with Crippen LogP contribution in [0.2, 0.25) is 5.02 Å². The van der Waals surface area contributed by atoms with Crippen molar-refractivity contribution in [2.45, 2.75) is 13.3 Å². The molecule has 0 unspecified atom stereocenters. The molecular formula is C13H10ClN3O2S. The van der Waals surface area contributed by atoms with E-state index in [0.717, 1.165) is 10.7 Å². The molecular weight excluding hydrogens is 298 g/mol. The Labute approximate surface area is 123 Å². The molecule has 5 nitrogen and oxygen atoms in total. The van der Waals surface area contributed by atoms with Crippen molar-refractivity contribution < 1.29 is 9.63 Å². The summed E-state index contributed by atoms with van der Waals surface area (Å²) < 4.78 is 5.16. The monoisotopic (exact) mass is 307 g/mol. The summed E-state index contributed by atoms with van der Waals surface area (Å²) in [5, 5.41) is 17.1. The predicted molar refractivity (Wildman–Crippen MR) is 76.1 cm³/mol. The highest BCUT2D eigenvalue weighted by Gasteiger charge is 2.14. The molecule has 3 rings (SSSR count). The SMILES string of the molecule is Cc1csc(Cc2noc(-c3cc(Cl)ccc3O)n2)n1. The van der Waals surface area contributed by atoms with Gasteiger partial charge in [-0.2, -0.15) is 4.98 Å². The van der Waals surface area contributed by atoms with Gasteiger partial charge in [-0.05, 0) is 25.1 Å². The number of nitrogens with zero attached hydrogens (tertiary/aromatic N) is 3. The Morgan fingerprint density at radius 3 is 2.95 bits per heavy atom. The molecule has 2 aromatic heterocycles. The van der Waals surface area contributed by atoms with E-state index < -0.39 is 0 Å². The molecule has 0 aliphatic carbocycles. The lowest BCUT2D eigenvalue weighted by Crippen LogP contribution is -1.90. The van der Waals surface area contributed by atoms with Crippen LogP contribution in [-0.4, -0.2) is 20.2 Å². The number of phenols is 1. The Hall–Kier alpha value is -1.92. The molecule has 20 heavy (non-hydrogen) atoms. The van der Waals surface area contributed by atoms with E-state index in [2.05, 4.69) is 15.1 Å². The van der Waals surface area contributed by atoms with Crippen LogP contribution in [-0.2, 0) is 6.42 Å². The number of aromatic nitrogens is 3. The van der Waals surface area contributed by atoms with Gasteiger partial charge in [-0.3, -0.25) is 0 Å². The number of hydrogen-bond donors (Lipinski definition) is 1. The van der Waals surface area contributed by atoms with Gasteiger partial charge in [-0.1, -0.05) is 16.8 Å². The van der Waals surface area contributed by atoms with E-state index in [1.165, 1.54) is 6.07 Å². The summed E-state index contributed by atoms with van der Waals surface area (Å²) in [5.41, 5.74) is 1.40. The first-order valence-corrected chi connectivity index (χ1v) is 7.10. The highest BCUT2D eigenvalue weighted by molar-refractivity contribution is 7.09. The molecule has 0 radical (unpaired) electrons. The van der Waals surface area contributed by atoms with Crippen LogP contribution in [0.3, 0.4) is 0 Å². The van der Waals surface area contributed by atoms with Gasteiger partial charge in [0.25, 0.3) is 5.89 Å². The van der Waals surface area contributed by atoms with Gasteiger partial charge in [0.1, 0.15) is 10.8 Å². The standard InChI is InChI=1S/C13H10ClN3O2S/c1-7-6-20-12(15-7)5-11-16-13(19-17-11)9-4-8(14)2-3-10(9)18/h2-4,6,18H,5H2,1H3. The summed E-state index contributed by atoms with van der Waals surface area (Å²) in [6.07, 6.45) is 0.503. The summed E-state index contributed by atoms with van der Waals surface area (Å²) in [6, 6.07) is 4.67. The van der Waals surface area contributed by atoms with Crippen molar-refractivity contribution >= 4 is 22.9 Å². The Balaban J connectivity index is 1.88. The van der Waals surface area contributed by atoms with Gasteiger partial charge in [-0.25, -0.2) is 4.98 Å². The molecule has 102 valence electrons. The smallest absolute Gasteiger partial charge is 0.261 e. The van der Waals surface area contributed by atoms with Crippen LogP contribution in [0.4, 0.5) is 0 Å². The van der Waals surface area contributed by atoms with E-state index in [0.29, 0.717) is 22.8 Å². The van der Waals surface area contributed by atoms with Gasteiger partial charge >= 0.3 is 0 Å². The number of aryl methyl sites for hydroxylation is 1. The van der Waals surface area contributed by atoms with Crippen LogP contribution in [0.5, 0.6) is 5.75 Å². The summed E-state index contributed by atoms with van der Waals surface area (Å²) in [4.78, 5) is 8.60. The lowest BCUT2D eigenvalue weighted by atomic mass is 10.2. The largest absolute Gasteiger partial charge is 0.507 e. The van der Waals surface area contributed by atoms with Gasteiger partial charge in [-0.15, -0.1) is 11.3 Å². The van der Waals surface area contributed by atoms with Gasteiger partial charge in [0.2, 0.25) is 0 Å². The Morgan fingerprint density at radius 2 is 2.20 bits per heavy atom. The minimum atomic E-state index is 0.0506. The fraction of sp³-hybridized carbons (Fsp3) is 0.154. The number of benzene rings is 1. The molecule has 0 amide bonds. The molecule has 1 aromatic carbocycles. The van der Waals surface area contributed by atoms with Crippen molar-refractivity contribution in [3.63, 3.8) is 0 Å². The molecule has 0 spiro atoms. The lowest BCUT2D eigenvalue weighted by molar-refractivity contribution is 0.418. The maximum atomic E-state index is 9.79. The molecule has 0 saturated carbocycles. The minimum Gasteiger partial charge on any atom is -0.507 e. The summed E-state index contributed by atoms with van der Waals surface area (Å²) in [6.45, 7) is 1.94. The number of phenolic OH excluding ortho intramolecular Hbond substituents is 1. The van der Waals surface area contributed by atoms with Crippen molar-refractivity contribution in [1.82, 2.24) is 15.1 Å². The van der Waals surface area contributed by atoms with Crippen LogP contribution in [0.1, 0.15) is 16.5 Å². The number of rotatable bonds is 3. The fourth-order valence-corrected chi connectivity index (χ4v) is 2.67. The molecule has 3 aromatic rings. The first-order chi connectivity index (χ1) is 9.61. The van der Waals surface area contributed by atoms with E-state index in [9.17, 15) is 5.11 Å². The summed E-state index contributed by atoms with van der Waals surface area (Å²) in [5.74, 6) is 0.816. The summed E-state index contributed by atoms with van der Waals surface area (Å²) in [7, 11) is 0. The molecule has 0 aliphatic rings. The average molecular weight is 308 g/mol. The third-order valence-electron chi connectivity index (χ3n) is 2.63. The third-order valence-corrected chi connectivity index (χ3v) is 3.83. The van der Waals surface area contributed by atoms with Gasteiger partial charge < -0.3 is 9.63 Å². The molecule has 0 saturated heterocycles. The van der Waals surface area contributed by atoms with Crippen molar-refractivity contribution in [2.75, 3.05) is 0 Å². The van der Waals surface area contributed by atoms with Crippen molar-refractivity contribution in [2.24, 2.45) is 0 Å². The quantitative estimate of drug-likeness (QED) is 0.802. The maximum absolute atomic E-state index is 9.79. The fourth-order valence-electron chi connectivity index (χ4n) is 1.73. The zero-order valence-corrected chi connectivity index (χ0v) is 12.1. The second-order valence-electron chi connectivity index (χ2n) is 4.24. The molecule has 0 aliphatic heterocycles. The van der Waals surface area contributed by atoms with Gasteiger partial charge in [0.05, 0.1) is 12.0 Å².